The summed E-state index contributed by atoms with van der Waals surface area (Å²) in [4.78, 5) is 0. The summed E-state index contributed by atoms with van der Waals surface area (Å²) in [7, 11) is 0. The molecule has 0 fully saturated rings. The zero-order chi connectivity index (χ0) is 13.1. The molecule has 0 aliphatic rings. The minimum atomic E-state index is -0.153. The first-order valence-electron chi connectivity index (χ1n) is 5.81. The van der Waals surface area contributed by atoms with E-state index in [-0.39, 0.29) is 5.82 Å². The molecule has 94 valence electrons. The van der Waals surface area contributed by atoms with Crippen molar-refractivity contribution >= 4 is 21.6 Å². The van der Waals surface area contributed by atoms with Crippen LogP contribution in [-0.2, 0) is 6.54 Å². The summed E-state index contributed by atoms with van der Waals surface area (Å²) in [6, 6.07) is 11.4. The molecule has 3 heteroatoms. The third-order valence-corrected chi connectivity index (χ3v) is 3.23. The van der Waals surface area contributed by atoms with Gasteiger partial charge in [0.2, 0.25) is 0 Å². The van der Waals surface area contributed by atoms with E-state index in [0.29, 0.717) is 12.1 Å². The number of anilines is 1. The molecule has 0 unspecified atom stereocenters. The highest BCUT2D eigenvalue weighted by Gasteiger charge is 2.00. The largest absolute Gasteiger partial charge is 0.381 e. The highest BCUT2D eigenvalue weighted by atomic mass is 79.9. The molecule has 0 saturated carbocycles. The Labute approximate surface area is 115 Å². The van der Waals surface area contributed by atoms with E-state index >= 15 is 0 Å². The Morgan fingerprint density at radius 1 is 1.11 bits per heavy atom. The van der Waals surface area contributed by atoms with Crippen molar-refractivity contribution in [3.63, 3.8) is 0 Å². The standard InChI is InChI=1S/C15H15BrFN/c1-10-5-13(16)8-14(6-10)18-9-12-4-3-11(2)15(17)7-12/h3-8,18H,9H2,1-2H3. The Balaban J connectivity index is 2.08. The second kappa shape index (κ2) is 5.53. The highest BCUT2D eigenvalue weighted by molar-refractivity contribution is 9.10. The monoisotopic (exact) mass is 307 g/mol. The van der Waals surface area contributed by atoms with Crippen molar-refractivity contribution in [1.82, 2.24) is 0 Å². The van der Waals surface area contributed by atoms with E-state index in [1.165, 1.54) is 5.56 Å². The average Bonchev–Trinajstić information content (AvgIpc) is 2.29. The summed E-state index contributed by atoms with van der Waals surface area (Å²) in [5.41, 5.74) is 3.83. The number of hydrogen-bond acceptors (Lipinski definition) is 1. The Hall–Kier alpha value is -1.35. The fraction of sp³-hybridized carbons (Fsp3) is 0.200. The summed E-state index contributed by atoms with van der Waals surface area (Å²) in [5.74, 6) is -0.153. The second-order valence-corrected chi connectivity index (χ2v) is 5.37. The maximum atomic E-state index is 13.4. The zero-order valence-electron chi connectivity index (χ0n) is 10.4. The third-order valence-electron chi connectivity index (χ3n) is 2.78. The SMILES string of the molecule is Cc1cc(Br)cc(NCc2ccc(C)c(F)c2)c1. The molecule has 0 radical (unpaired) electrons. The Kier molecular flexibility index (Phi) is 4.02. The zero-order valence-corrected chi connectivity index (χ0v) is 12.0. The normalized spacial score (nSPS) is 10.4. The van der Waals surface area contributed by atoms with Crippen LogP contribution in [0.3, 0.4) is 0 Å². The Morgan fingerprint density at radius 2 is 1.89 bits per heavy atom. The van der Waals surface area contributed by atoms with Gasteiger partial charge in [0.25, 0.3) is 0 Å². The van der Waals surface area contributed by atoms with Gasteiger partial charge in [-0.3, -0.25) is 0 Å². The number of hydrogen-bond donors (Lipinski definition) is 1. The summed E-state index contributed by atoms with van der Waals surface area (Å²) >= 11 is 3.46. The van der Waals surface area contributed by atoms with Crippen molar-refractivity contribution in [2.45, 2.75) is 20.4 Å². The first-order chi connectivity index (χ1) is 8.54. The van der Waals surface area contributed by atoms with Crippen LogP contribution in [0.5, 0.6) is 0 Å². The maximum absolute atomic E-state index is 13.4. The Morgan fingerprint density at radius 3 is 2.56 bits per heavy atom. The van der Waals surface area contributed by atoms with Crippen LogP contribution < -0.4 is 5.32 Å². The van der Waals surface area contributed by atoms with Gasteiger partial charge in [-0.15, -0.1) is 0 Å². The third kappa shape index (κ3) is 3.33. The van der Waals surface area contributed by atoms with Gasteiger partial charge in [-0.1, -0.05) is 28.1 Å². The molecule has 0 aromatic heterocycles. The van der Waals surface area contributed by atoms with Crippen molar-refractivity contribution in [2.24, 2.45) is 0 Å². The Bertz CT molecular complexity index is 546. The summed E-state index contributed by atoms with van der Waals surface area (Å²) in [6.07, 6.45) is 0. The van der Waals surface area contributed by atoms with Crippen LogP contribution in [0.4, 0.5) is 10.1 Å². The van der Waals surface area contributed by atoms with E-state index < -0.39 is 0 Å². The fourth-order valence-electron chi connectivity index (χ4n) is 1.79. The molecule has 0 bridgehead atoms. The lowest BCUT2D eigenvalue weighted by Gasteiger charge is -2.09. The van der Waals surface area contributed by atoms with Gasteiger partial charge in [-0.2, -0.15) is 0 Å². The van der Waals surface area contributed by atoms with E-state index in [4.69, 9.17) is 0 Å². The van der Waals surface area contributed by atoms with Gasteiger partial charge >= 0.3 is 0 Å². The van der Waals surface area contributed by atoms with E-state index in [9.17, 15) is 4.39 Å². The van der Waals surface area contributed by atoms with Crippen molar-refractivity contribution in [3.8, 4) is 0 Å². The first kappa shape index (κ1) is 13.1. The smallest absolute Gasteiger partial charge is 0.126 e. The molecule has 0 heterocycles. The summed E-state index contributed by atoms with van der Waals surface area (Å²) in [6.45, 7) is 4.43. The number of benzene rings is 2. The van der Waals surface area contributed by atoms with Gasteiger partial charge in [0.05, 0.1) is 0 Å². The number of halogens is 2. The van der Waals surface area contributed by atoms with Crippen molar-refractivity contribution in [2.75, 3.05) is 5.32 Å². The van der Waals surface area contributed by atoms with Crippen LogP contribution in [0.15, 0.2) is 40.9 Å². The van der Waals surface area contributed by atoms with E-state index in [1.54, 1.807) is 19.1 Å². The average molecular weight is 308 g/mol. The molecule has 2 rings (SSSR count). The minimum Gasteiger partial charge on any atom is -0.381 e. The van der Waals surface area contributed by atoms with Crippen LogP contribution in [0.1, 0.15) is 16.7 Å². The van der Waals surface area contributed by atoms with E-state index in [2.05, 4.69) is 33.4 Å². The lowest BCUT2D eigenvalue weighted by molar-refractivity contribution is 0.616. The number of nitrogens with one attached hydrogen (secondary N) is 1. The molecule has 1 N–H and O–H groups in total. The molecule has 2 aromatic rings. The lowest BCUT2D eigenvalue weighted by atomic mass is 10.1. The predicted molar refractivity (Wildman–Crippen MR) is 77.3 cm³/mol. The molecule has 0 saturated heterocycles. The molecule has 0 atom stereocenters. The highest BCUT2D eigenvalue weighted by Crippen LogP contribution is 2.20. The molecule has 0 spiro atoms. The quantitative estimate of drug-likeness (QED) is 0.857. The van der Waals surface area contributed by atoms with Crippen molar-refractivity contribution < 1.29 is 4.39 Å². The second-order valence-electron chi connectivity index (χ2n) is 4.45. The number of rotatable bonds is 3. The summed E-state index contributed by atoms with van der Waals surface area (Å²) < 4.78 is 14.4. The molecule has 0 aliphatic carbocycles. The molecule has 2 aromatic carbocycles. The van der Waals surface area contributed by atoms with Gasteiger partial charge in [0.1, 0.15) is 5.82 Å². The topological polar surface area (TPSA) is 12.0 Å². The van der Waals surface area contributed by atoms with Crippen LogP contribution in [0, 0.1) is 19.7 Å². The minimum absolute atomic E-state index is 0.153. The molecule has 18 heavy (non-hydrogen) atoms. The fourth-order valence-corrected chi connectivity index (χ4v) is 2.40. The molecular formula is C15H15BrFN. The molecular weight excluding hydrogens is 293 g/mol. The van der Waals surface area contributed by atoms with Crippen molar-refractivity contribution in [1.29, 1.82) is 0 Å². The van der Waals surface area contributed by atoms with E-state index in [1.807, 2.05) is 19.1 Å². The van der Waals surface area contributed by atoms with Crippen LogP contribution in [0.25, 0.3) is 0 Å². The van der Waals surface area contributed by atoms with Crippen molar-refractivity contribution in [3.05, 3.63) is 63.4 Å². The lowest BCUT2D eigenvalue weighted by Crippen LogP contribution is -2.00. The predicted octanol–water partition coefficient (Wildman–Crippen LogP) is 4.82. The van der Waals surface area contributed by atoms with Gasteiger partial charge in [-0.05, 0) is 54.8 Å². The molecule has 0 amide bonds. The number of aryl methyl sites for hydroxylation is 2. The van der Waals surface area contributed by atoms with Gasteiger partial charge < -0.3 is 5.32 Å². The summed E-state index contributed by atoms with van der Waals surface area (Å²) in [5, 5.41) is 3.29. The molecule has 1 nitrogen and oxygen atoms in total. The van der Waals surface area contributed by atoms with E-state index in [0.717, 1.165) is 15.7 Å². The maximum Gasteiger partial charge on any atom is 0.126 e. The van der Waals surface area contributed by atoms with Crippen LogP contribution in [0.2, 0.25) is 0 Å². The van der Waals surface area contributed by atoms with Gasteiger partial charge in [0, 0.05) is 16.7 Å². The van der Waals surface area contributed by atoms with Crippen LogP contribution >= 0.6 is 15.9 Å². The molecule has 0 aliphatic heterocycles. The van der Waals surface area contributed by atoms with Gasteiger partial charge in [-0.25, -0.2) is 4.39 Å². The first-order valence-corrected chi connectivity index (χ1v) is 6.60. The van der Waals surface area contributed by atoms with Crippen LogP contribution in [-0.4, -0.2) is 0 Å². The van der Waals surface area contributed by atoms with Gasteiger partial charge in [0.15, 0.2) is 0 Å².